The second-order valence-electron chi connectivity index (χ2n) is 4.54. The number of morpholine rings is 1. The number of aromatic nitrogens is 2. The molecule has 1 aromatic rings. The van der Waals surface area contributed by atoms with Crippen LogP contribution in [0.1, 0.15) is 0 Å². The number of aliphatic carboxylic acids is 1. The van der Waals surface area contributed by atoms with Crippen LogP contribution in [0.15, 0.2) is 12.4 Å². The second-order valence-corrected chi connectivity index (χ2v) is 4.54. The van der Waals surface area contributed by atoms with Gasteiger partial charge in [-0.15, -0.1) is 0 Å². The van der Waals surface area contributed by atoms with Crippen LogP contribution in [0.25, 0.3) is 0 Å². The van der Waals surface area contributed by atoms with E-state index in [0.29, 0.717) is 25.4 Å². The average Bonchev–Trinajstić information content (AvgIpc) is 2.92. The molecule has 9 heteroatoms. The highest BCUT2D eigenvalue weighted by atomic mass is 16.5. The lowest BCUT2D eigenvalue weighted by atomic mass is 10.2. The Morgan fingerprint density at radius 3 is 3.14 bits per heavy atom. The van der Waals surface area contributed by atoms with Gasteiger partial charge in [0.25, 0.3) is 0 Å². The zero-order valence-electron chi connectivity index (χ0n) is 11.7. The summed E-state index contributed by atoms with van der Waals surface area (Å²) in [5, 5.41) is 15.8. The summed E-state index contributed by atoms with van der Waals surface area (Å²) in [6, 6.07) is -1.45. The fraction of sp³-hybridized carbons (Fsp3) is 0.583. The highest BCUT2D eigenvalue weighted by Crippen LogP contribution is 2.11. The van der Waals surface area contributed by atoms with E-state index >= 15 is 0 Å². The molecule has 9 nitrogen and oxygen atoms in total. The van der Waals surface area contributed by atoms with Gasteiger partial charge >= 0.3 is 12.0 Å². The third kappa shape index (κ3) is 3.92. The molecule has 1 fully saturated rings. The van der Waals surface area contributed by atoms with Gasteiger partial charge in [-0.25, -0.2) is 9.59 Å². The molecule has 0 aliphatic carbocycles. The van der Waals surface area contributed by atoms with Crippen molar-refractivity contribution in [1.82, 2.24) is 14.7 Å². The number of hydrogen-bond donors (Lipinski definition) is 2. The topological polar surface area (TPSA) is 106 Å². The van der Waals surface area contributed by atoms with Crippen LogP contribution in [-0.4, -0.2) is 71.3 Å². The Labute approximate surface area is 121 Å². The molecule has 1 aromatic heterocycles. The average molecular weight is 298 g/mol. The van der Waals surface area contributed by atoms with Crippen LogP contribution in [-0.2, 0) is 20.8 Å². The fourth-order valence-corrected chi connectivity index (χ4v) is 1.98. The molecule has 0 bridgehead atoms. The highest BCUT2D eigenvalue weighted by molar-refractivity contribution is 5.92. The Balaban J connectivity index is 1.96. The maximum Gasteiger partial charge on any atom is 0.328 e. The molecule has 1 aliphatic heterocycles. The normalized spacial score (nSPS) is 18.5. The van der Waals surface area contributed by atoms with Crippen molar-refractivity contribution in [2.75, 3.05) is 38.8 Å². The zero-order valence-corrected chi connectivity index (χ0v) is 11.7. The number of hydrogen-bond acceptors (Lipinski definition) is 5. The molecule has 1 unspecified atom stereocenters. The van der Waals surface area contributed by atoms with Gasteiger partial charge in [0.1, 0.15) is 0 Å². The number of amides is 2. The summed E-state index contributed by atoms with van der Waals surface area (Å²) < 4.78 is 11.7. The van der Waals surface area contributed by atoms with Crippen molar-refractivity contribution in [3.8, 4) is 0 Å². The number of carboxylic acid groups (broad SMARTS) is 1. The number of nitrogens with one attached hydrogen (secondary N) is 1. The van der Waals surface area contributed by atoms with Crippen LogP contribution < -0.4 is 5.32 Å². The summed E-state index contributed by atoms with van der Waals surface area (Å²) in [5.41, 5.74) is 0.506. The quantitative estimate of drug-likeness (QED) is 0.783. The summed E-state index contributed by atoms with van der Waals surface area (Å²) in [4.78, 5) is 24.5. The van der Waals surface area contributed by atoms with E-state index in [2.05, 4.69) is 10.4 Å². The molecule has 2 heterocycles. The van der Waals surface area contributed by atoms with Gasteiger partial charge in [0.05, 0.1) is 38.2 Å². The van der Waals surface area contributed by atoms with Crippen LogP contribution in [0.4, 0.5) is 10.5 Å². The molecule has 2 N–H and O–H groups in total. The molecule has 0 spiro atoms. The first-order valence-electron chi connectivity index (χ1n) is 6.51. The van der Waals surface area contributed by atoms with E-state index in [9.17, 15) is 9.59 Å². The SMILES string of the molecule is COCCn1cc(NC(=O)N2CCOCC2C(=O)O)cn1. The summed E-state index contributed by atoms with van der Waals surface area (Å²) in [5.74, 6) is -1.08. The summed E-state index contributed by atoms with van der Waals surface area (Å²) >= 11 is 0. The molecule has 1 aliphatic rings. The molecule has 0 radical (unpaired) electrons. The molecular formula is C12H18N4O5. The van der Waals surface area contributed by atoms with Crippen molar-refractivity contribution in [1.29, 1.82) is 0 Å². The molecule has 21 heavy (non-hydrogen) atoms. The number of carbonyl (C=O) groups excluding carboxylic acids is 1. The van der Waals surface area contributed by atoms with E-state index < -0.39 is 18.0 Å². The molecule has 1 saturated heterocycles. The Morgan fingerprint density at radius 1 is 1.62 bits per heavy atom. The fourth-order valence-electron chi connectivity index (χ4n) is 1.98. The van der Waals surface area contributed by atoms with E-state index in [1.807, 2.05) is 0 Å². The maximum atomic E-state index is 12.1. The van der Waals surface area contributed by atoms with Crippen molar-refractivity contribution in [3.63, 3.8) is 0 Å². The number of carboxylic acids is 1. The number of anilines is 1. The lowest BCUT2D eigenvalue weighted by Crippen LogP contribution is -2.53. The molecule has 2 amide bonds. The predicted octanol–water partition coefficient (Wildman–Crippen LogP) is -0.153. The first-order valence-corrected chi connectivity index (χ1v) is 6.51. The largest absolute Gasteiger partial charge is 0.480 e. The Hall–Kier alpha value is -2.13. The standard InChI is InChI=1S/C12H18N4O5/c1-20-4-2-15-7-9(6-13-15)14-12(19)16-3-5-21-8-10(16)11(17)18/h6-7,10H,2-5,8H2,1H3,(H,14,19)(H,17,18). The minimum absolute atomic E-state index is 0.00411. The number of urea groups is 1. The monoisotopic (exact) mass is 298 g/mol. The number of carbonyl (C=O) groups is 2. The Bertz CT molecular complexity index is 504. The minimum atomic E-state index is -1.08. The van der Waals surface area contributed by atoms with Gasteiger partial charge in [-0.2, -0.15) is 5.10 Å². The molecule has 2 rings (SSSR count). The summed E-state index contributed by atoms with van der Waals surface area (Å²) in [7, 11) is 1.59. The Morgan fingerprint density at radius 2 is 2.43 bits per heavy atom. The second kappa shape index (κ2) is 7.04. The van der Waals surface area contributed by atoms with E-state index in [4.69, 9.17) is 14.6 Å². The lowest BCUT2D eigenvalue weighted by molar-refractivity contribution is -0.147. The van der Waals surface area contributed by atoms with Gasteiger partial charge < -0.3 is 24.8 Å². The van der Waals surface area contributed by atoms with E-state index in [-0.39, 0.29) is 13.2 Å². The number of rotatable bonds is 5. The lowest BCUT2D eigenvalue weighted by Gasteiger charge is -2.32. The third-order valence-electron chi connectivity index (χ3n) is 3.08. The minimum Gasteiger partial charge on any atom is -0.480 e. The third-order valence-corrected chi connectivity index (χ3v) is 3.08. The van der Waals surface area contributed by atoms with Crippen LogP contribution in [0.5, 0.6) is 0 Å². The van der Waals surface area contributed by atoms with Gasteiger partial charge in [-0.05, 0) is 0 Å². The van der Waals surface area contributed by atoms with E-state index in [0.717, 1.165) is 0 Å². The number of ether oxygens (including phenoxy) is 2. The Kier molecular flexibility index (Phi) is 5.12. The highest BCUT2D eigenvalue weighted by Gasteiger charge is 2.32. The first kappa shape index (κ1) is 15.3. The molecule has 1 atom stereocenters. The zero-order chi connectivity index (χ0) is 15.2. The van der Waals surface area contributed by atoms with Crippen molar-refractivity contribution in [2.45, 2.75) is 12.6 Å². The van der Waals surface area contributed by atoms with Gasteiger partial charge in [-0.1, -0.05) is 0 Å². The van der Waals surface area contributed by atoms with Gasteiger partial charge in [0.15, 0.2) is 6.04 Å². The van der Waals surface area contributed by atoms with Gasteiger partial charge in [0, 0.05) is 19.9 Å². The van der Waals surface area contributed by atoms with E-state index in [1.54, 1.807) is 18.0 Å². The van der Waals surface area contributed by atoms with Gasteiger partial charge in [0.2, 0.25) is 0 Å². The van der Waals surface area contributed by atoms with Crippen LogP contribution in [0, 0.1) is 0 Å². The van der Waals surface area contributed by atoms with Crippen LogP contribution in [0.3, 0.4) is 0 Å². The van der Waals surface area contributed by atoms with Crippen molar-refractivity contribution < 1.29 is 24.2 Å². The van der Waals surface area contributed by atoms with Crippen LogP contribution in [0.2, 0.25) is 0 Å². The number of methoxy groups -OCH3 is 1. The van der Waals surface area contributed by atoms with Crippen molar-refractivity contribution >= 4 is 17.7 Å². The van der Waals surface area contributed by atoms with E-state index in [1.165, 1.54) is 11.1 Å². The van der Waals surface area contributed by atoms with Crippen molar-refractivity contribution in [2.24, 2.45) is 0 Å². The maximum absolute atomic E-state index is 12.1. The summed E-state index contributed by atoms with van der Waals surface area (Å²) in [6.07, 6.45) is 3.16. The molecular weight excluding hydrogens is 280 g/mol. The van der Waals surface area contributed by atoms with Gasteiger partial charge in [-0.3, -0.25) is 4.68 Å². The molecule has 0 aromatic carbocycles. The first-order chi connectivity index (χ1) is 10.1. The molecule has 0 saturated carbocycles. The molecule has 116 valence electrons. The van der Waals surface area contributed by atoms with Crippen LogP contribution >= 0.6 is 0 Å². The number of nitrogens with zero attached hydrogens (tertiary/aromatic N) is 3. The smallest absolute Gasteiger partial charge is 0.328 e. The predicted molar refractivity (Wildman–Crippen MR) is 72.1 cm³/mol. The van der Waals surface area contributed by atoms with Crippen molar-refractivity contribution in [3.05, 3.63) is 12.4 Å². The summed E-state index contributed by atoms with van der Waals surface area (Å²) in [6.45, 7) is 1.64.